The number of carbonyl (C=O) groups excluding carboxylic acids is 1. The highest BCUT2D eigenvalue weighted by molar-refractivity contribution is 7.89. The second-order valence-electron chi connectivity index (χ2n) is 5.37. The van der Waals surface area contributed by atoms with Gasteiger partial charge >= 0.3 is 0 Å². The first-order chi connectivity index (χ1) is 8.79. The van der Waals surface area contributed by atoms with Gasteiger partial charge in [0.05, 0.1) is 17.9 Å². The molecular weight excluding hydrogens is 266 g/mol. The van der Waals surface area contributed by atoms with Gasteiger partial charge in [0.25, 0.3) is 0 Å². The minimum absolute atomic E-state index is 0.00201. The van der Waals surface area contributed by atoms with Crippen LogP contribution in [0.4, 0.5) is 0 Å². The standard InChI is InChI=1S/C12H19N3O3S/c1-9(2)14-5-4-11(13-14)6-12(16)15-7-10(3)8-19(15,17)18/h4-5,9-10H,6-8H2,1-3H3. The van der Waals surface area contributed by atoms with E-state index in [2.05, 4.69) is 5.10 Å². The molecule has 2 heterocycles. The zero-order valence-electron chi connectivity index (χ0n) is 11.4. The Kier molecular flexibility index (Phi) is 3.66. The quantitative estimate of drug-likeness (QED) is 0.824. The first kappa shape index (κ1) is 14.0. The summed E-state index contributed by atoms with van der Waals surface area (Å²) in [7, 11) is -3.42. The number of carbonyl (C=O) groups is 1. The lowest BCUT2D eigenvalue weighted by atomic mass is 10.2. The van der Waals surface area contributed by atoms with Crippen molar-refractivity contribution in [2.75, 3.05) is 12.3 Å². The molecule has 1 amide bonds. The lowest BCUT2D eigenvalue weighted by molar-refractivity contribution is -0.125. The van der Waals surface area contributed by atoms with Gasteiger partial charge in [-0.1, -0.05) is 6.92 Å². The average Bonchev–Trinajstić information content (AvgIpc) is 2.82. The second-order valence-corrected chi connectivity index (χ2v) is 7.30. The first-order valence-electron chi connectivity index (χ1n) is 6.37. The summed E-state index contributed by atoms with van der Waals surface area (Å²) in [6.07, 6.45) is 1.83. The third-order valence-electron chi connectivity index (χ3n) is 3.11. The number of sulfonamides is 1. The molecule has 1 saturated heterocycles. The molecule has 0 N–H and O–H groups in total. The molecule has 0 aromatic carbocycles. The van der Waals surface area contributed by atoms with Crippen molar-refractivity contribution in [2.24, 2.45) is 5.92 Å². The van der Waals surface area contributed by atoms with E-state index in [1.54, 1.807) is 16.9 Å². The van der Waals surface area contributed by atoms with Gasteiger partial charge in [0.15, 0.2) is 0 Å². The first-order valence-corrected chi connectivity index (χ1v) is 7.98. The van der Waals surface area contributed by atoms with Crippen molar-refractivity contribution in [3.63, 3.8) is 0 Å². The minimum atomic E-state index is -3.42. The van der Waals surface area contributed by atoms with Crippen LogP contribution in [-0.2, 0) is 21.2 Å². The van der Waals surface area contributed by atoms with E-state index < -0.39 is 15.9 Å². The lowest BCUT2D eigenvalue weighted by Crippen LogP contribution is -2.34. The second kappa shape index (κ2) is 4.96. The predicted molar refractivity (Wildman–Crippen MR) is 71.0 cm³/mol. The van der Waals surface area contributed by atoms with E-state index in [0.717, 1.165) is 4.31 Å². The smallest absolute Gasteiger partial charge is 0.242 e. The van der Waals surface area contributed by atoms with E-state index in [4.69, 9.17) is 0 Å². The van der Waals surface area contributed by atoms with Crippen molar-refractivity contribution < 1.29 is 13.2 Å². The molecule has 1 aromatic rings. The van der Waals surface area contributed by atoms with Crippen LogP contribution in [0.15, 0.2) is 12.3 Å². The summed E-state index contributed by atoms with van der Waals surface area (Å²) >= 11 is 0. The van der Waals surface area contributed by atoms with Crippen LogP contribution in [0, 0.1) is 5.92 Å². The summed E-state index contributed by atoms with van der Waals surface area (Å²) in [5, 5.41) is 4.26. The number of rotatable bonds is 3. The number of hydrogen-bond acceptors (Lipinski definition) is 4. The van der Waals surface area contributed by atoms with Crippen LogP contribution in [0.1, 0.15) is 32.5 Å². The summed E-state index contributed by atoms with van der Waals surface area (Å²) in [5.41, 5.74) is 0.605. The minimum Gasteiger partial charge on any atom is -0.273 e. The molecule has 1 unspecified atom stereocenters. The highest BCUT2D eigenvalue weighted by Gasteiger charge is 2.36. The monoisotopic (exact) mass is 285 g/mol. The molecule has 0 aliphatic carbocycles. The van der Waals surface area contributed by atoms with Gasteiger partial charge in [0.2, 0.25) is 15.9 Å². The van der Waals surface area contributed by atoms with Crippen LogP contribution in [0.2, 0.25) is 0 Å². The molecule has 1 aliphatic heterocycles. The van der Waals surface area contributed by atoms with E-state index in [-0.39, 0.29) is 30.7 Å². The summed E-state index contributed by atoms with van der Waals surface area (Å²) in [5.74, 6) is -0.334. The fourth-order valence-corrected chi connectivity index (χ4v) is 4.02. The molecular formula is C12H19N3O3S. The van der Waals surface area contributed by atoms with Gasteiger partial charge < -0.3 is 0 Å². The Bertz CT molecular complexity index is 577. The third kappa shape index (κ3) is 2.97. The molecule has 7 heteroatoms. The summed E-state index contributed by atoms with van der Waals surface area (Å²) in [6, 6.07) is 1.98. The Balaban J connectivity index is 2.09. The van der Waals surface area contributed by atoms with Crippen LogP contribution in [0.25, 0.3) is 0 Å². The predicted octanol–water partition coefficient (Wildman–Crippen LogP) is 0.815. The molecule has 1 aromatic heterocycles. The Morgan fingerprint density at radius 1 is 1.53 bits per heavy atom. The van der Waals surface area contributed by atoms with Crippen molar-refractivity contribution in [2.45, 2.75) is 33.2 Å². The van der Waals surface area contributed by atoms with Crippen molar-refractivity contribution in [1.29, 1.82) is 0 Å². The van der Waals surface area contributed by atoms with Crippen LogP contribution in [0.3, 0.4) is 0 Å². The maximum Gasteiger partial charge on any atom is 0.242 e. The fourth-order valence-electron chi connectivity index (χ4n) is 2.16. The van der Waals surface area contributed by atoms with Gasteiger partial charge in [-0.15, -0.1) is 0 Å². The molecule has 0 spiro atoms. The van der Waals surface area contributed by atoms with Gasteiger partial charge in [-0.05, 0) is 25.8 Å². The molecule has 1 atom stereocenters. The Hall–Kier alpha value is -1.37. The summed E-state index contributed by atoms with van der Waals surface area (Å²) in [6.45, 7) is 6.10. The van der Waals surface area contributed by atoms with E-state index >= 15 is 0 Å². The van der Waals surface area contributed by atoms with Crippen molar-refractivity contribution in [3.05, 3.63) is 18.0 Å². The van der Waals surface area contributed by atoms with Gasteiger partial charge in [0, 0.05) is 18.8 Å². The van der Waals surface area contributed by atoms with Crippen LogP contribution in [-0.4, -0.2) is 40.7 Å². The Morgan fingerprint density at radius 2 is 2.21 bits per heavy atom. The normalized spacial score (nSPS) is 22.1. The van der Waals surface area contributed by atoms with Crippen LogP contribution < -0.4 is 0 Å². The maximum atomic E-state index is 12.1. The van der Waals surface area contributed by atoms with E-state index in [0.29, 0.717) is 5.69 Å². The van der Waals surface area contributed by atoms with Crippen LogP contribution in [0.5, 0.6) is 0 Å². The summed E-state index contributed by atoms with van der Waals surface area (Å²) < 4.78 is 26.3. The van der Waals surface area contributed by atoms with Crippen molar-refractivity contribution in [1.82, 2.24) is 14.1 Å². The zero-order chi connectivity index (χ0) is 14.2. The number of hydrogen-bond donors (Lipinski definition) is 0. The number of nitrogens with zero attached hydrogens (tertiary/aromatic N) is 3. The molecule has 19 heavy (non-hydrogen) atoms. The number of aromatic nitrogens is 2. The molecule has 2 rings (SSSR count). The van der Waals surface area contributed by atoms with Gasteiger partial charge in [0.1, 0.15) is 0 Å². The Labute approximate surface area is 113 Å². The highest BCUT2D eigenvalue weighted by Crippen LogP contribution is 2.20. The van der Waals surface area contributed by atoms with Gasteiger partial charge in [-0.25, -0.2) is 12.7 Å². The molecule has 0 radical (unpaired) electrons. The maximum absolute atomic E-state index is 12.1. The van der Waals surface area contributed by atoms with E-state index in [1.165, 1.54) is 0 Å². The molecule has 1 fully saturated rings. The van der Waals surface area contributed by atoms with Crippen molar-refractivity contribution in [3.8, 4) is 0 Å². The van der Waals surface area contributed by atoms with Gasteiger partial charge in [-0.3, -0.25) is 9.48 Å². The Morgan fingerprint density at radius 3 is 2.68 bits per heavy atom. The largest absolute Gasteiger partial charge is 0.273 e. The number of amides is 1. The molecule has 6 nitrogen and oxygen atoms in total. The molecule has 0 bridgehead atoms. The van der Waals surface area contributed by atoms with E-state index in [1.807, 2.05) is 20.8 Å². The summed E-state index contributed by atoms with van der Waals surface area (Å²) in [4.78, 5) is 12.1. The highest BCUT2D eigenvalue weighted by atomic mass is 32.2. The van der Waals surface area contributed by atoms with Gasteiger partial charge in [-0.2, -0.15) is 5.10 Å². The fraction of sp³-hybridized carbons (Fsp3) is 0.667. The SMILES string of the molecule is CC1CN(C(=O)Cc2ccn(C(C)C)n2)S(=O)(=O)C1. The topological polar surface area (TPSA) is 72.3 Å². The van der Waals surface area contributed by atoms with Crippen molar-refractivity contribution >= 4 is 15.9 Å². The average molecular weight is 285 g/mol. The lowest BCUT2D eigenvalue weighted by Gasteiger charge is -2.14. The molecule has 106 valence electrons. The van der Waals surface area contributed by atoms with E-state index in [9.17, 15) is 13.2 Å². The molecule has 0 saturated carbocycles. The molecule has 1 aliphatic rings. The zero-order valence-corrected chi connectivity index (χ0v) is 12.2. The third-order valence-corrected chi connectivity index (χ3v) is 5.13. The van der Waals surface area contributed by atoms with Crippen LogP contribution >= 0.6 is 0 Å².